The number of nitrogens with zero attached hydrogens (tertiary/aromatic N) is 2. The monoisotopic (exact) mass is 360 g/mol. The summed E-state index contributed by atoms with van der Waals surface area (Å²) in [5.41, 5.74) is 2.23. The van der Waals surface area contributed by atoms with Crippen LogP contribution < -0.4 is 0 Å². The second-order valence-electron chi connectivity index (χ2n) is 6.22. The summed E-state index contributed by atoms with van der Waals surface area (Å²) in [5, 5.41) is 0.984. The molecule has 1 heterocycles. The van der Waals surface area contributed by atoms with E-state index in [1.54, 1.807) is 50.6 Å². The van der Waals surface area contributed by atoms with Gasteiger partial charge in [0.15, 0.2) is 0 Å². The second kappa shape index (κ2) is 8.27. The van der Waals surface area contributed by atoms with Gasteiger partial charge in [0.25, 0.3) is 5.91 Å². The number of fused-ring (bicyclic) bond motifs is 1. The molecule has 0 aliphatic heterocycles. The standard InChI is InChI=1S/C22H20N2O3/c1-24(2)22(26)21(18-8-4-3-5-9-18)27-19(25)14-13-17-11-6-10-16-12-7-15-23-20(16)17/h3-15,21H,1-2H3/b14-13+. The molecule has 27 heavy (non-hydrogen) atoms. The fourth-order valence-corrected chi connectivity index (χ4v) is 2.70. The van der Waals surface area contributed by atoms with Gasteiger partial charge in [-0.3, -0.25) is 9.78 Å². The van der Waals surface area contributed by atoms with Gasteiger partial charge in [-0.25, -0.2) is 4.79 Å². The quantitative estimate of drug-likeness (QED) is 0.515. The summed E-state index contributed by atoms with van der Waals surface area (Å²) in [6, 6.07) is 18.5. The number of para-hydroxylation sites is 1. The molecule has 136 valence electrons. The zero-order valence-electron chi connectivity index (χ0n) is 15.2. The van der Waals surface area contributed by atoms with E-state index in [0.717, 1.165) is 16.5 Å². The first kappa shape index (κ1) is 18.3. The molecule has 1 atom stereocenters. The smallest absolute Gasteiger partial charge is 0.331 e. The summed E-state index contributed by atoms with van der Waals surface area (Å²) < 4.78 is 5.46. The number of likely N-dealkylation sites (N-methyl/N-ethyl adjacent to an activating group) is 1. The lowest BCUT2D eigenvalue weighted by atomic mass is 10.1. The fourth-order valence-electron chi connectivity index (χ4n) is 2.70. The number of hydrogen-bond acceptors (Lipinski definition) is 4. The SMILES string of the molecule is CN(C)C(=O)C(OC(=O)/C=C/c1cccc2cccnc12)c1ccccc1. The first-order valence-electron chi connectivity index (χ1n) is 8.55. The van der Waals surface area contributed by atoms with Crippen LogP contribution >= 0.6 is 0 Å². The number of esters is 1. The average molecular weight is 360 g/mol. The molecule has 0 aliphatic rings. The maximum Gasteiger partial charge on any atom is 0.331 e. The highest BCUT2D eigenvalue weighted by molar-refractivity contribution is 5.94. The number of benzene rings is 2. The van der Waals surface area contributed by atoms with Crippen molar-refractivity contribution >= 4 is 28.9 Å². The maximum atomic E-state index is 12.4. The van der Waals surface area contributed by atoms with Crippen LogP contribution in [0.25, 0.3) is 17.0 Å². The molecule has 0 fully saturated rings. The van der Waals surface area contributed by atoms with Crippen molar-refractivity contribution in [3.05, 3.63) is 84.1 Å². The van der Waals surface area contributed by atoms with E-state index in [0.29, 0.717) is 5.56 Å². The van der Waals surface area contributed by atoms with Crippen LogP contribution in [-0.4, -0.2) is 35.9 Å². The van der Waals surface area contributed by atoms with Crippen molar-refractivity contribution in [3.63, 3.8) is 0 Å². The number of pyridine rings is 1. The Hall–Kier alpha value is -3.47. The molecule has 3 rings (SSSR count). The van der Waals surface area contributed by atoms with Gasteiger partial charge in [0, 0.05) is 42.9 Å². The van der Waals surface area contributed by atoms with Gasteiger partial charge >= 0.3 is 5.97 Å². The number of ether oxygens (including phenoxy) is 1. The number of rotatable bonds is 5. The molecule has 0 radical (unpaired) electrons. The predicted octanol–water partition coefficient (Wildman–Crippen LogP) is 3.62. The minimum absolute atomic E-state index is 0.297. The Morgan fingerprint density at radius 1 is 1.00 bits per heavy atom. The zero-order valence-corrected chi connectivity index (χ0v) is 15.2. The third kappa shape index (κ3) is 4.39. The number of amides is 1. The van der Waals surface area contributed by atoms with E-state index in [2.05, 4.69) is 4.98 Å². The molecule has 1 aromatic heterocycles. The molecule has 3 aromatic rings. The summed E-state index contributed by atoms with van der Waals surface area (Å²) in [6.07, 6.45) is 3.70. The molecule has 0 aliphatic carbocycles. The summed E-state index contributed by atoms with van der Waals surface area (Å²) in [7, 11) is 3.26. The fraction of sp³-hybridized carbons (Fsp3) is 0.136. The Kier molecular flexibility index (Phi) is 5.61. The Morgan fingerprint density at radius 2 is 1.74 bits per heavy atom. The Bertz CT molecular complexity index is 976. The van der Waals surface area contributed by atoms with Crippen LogP contribution in [0.4, 0.5) is 0 Å². The average Bonchev–Trinajstić information content (AvgIpc) is 2.70. The van der Waals surface area contributed by atoms with Crippen molar-refractivity contribution in [2.75, 3.05) is 14.1 Å². The zero-order chi connectivity index (χ0) is 19.2. The molecule has 0 spiro atoms. The minimum Gasteiger partial charge on any atom is -0.444 e. The van der Waals surface area contributed by atoms with Crippen molar-refractivity contribution in [1.82, 2.24) is 9.88 Å². The number of carbonyl (C=O) groups excluding carboxylic acids is 2. The van der Waals surface area contributed by atoms with Crippen LogP contribution in [0.2, 0.25) is 0 Å². The van der Waals surface area contributed by atoms with Crippen molar-refractivity contribution in [2.45, 2.75) is 6.10 Å². The lowest BCUT2D eigenvalue weighted by Crippen LogP contribution is -2.30. The van der Waals surface area contributed by atoms with E-state index in [1.807, 2.05) is 36.4 Å². The Balaban J connectivity index is 1.81. The van der Waals surface area contributed by atoms with Gasteiger partial charge in [0.1, 0.15) is 0 Å². The van der Waals surface area contributed by atoms with Crippen molar-refractivity contribution in [3.8, 4) is 0 Å². The van der Waals surface area contributed by atoms with Gasteiger partial charge in [0.05, 0.1) is 5.52 Å². The van der Waals surface area contributed by atoms with Gasteiger partial charge in [-0.05, 0) is 12.1 Å². The number of hydrogen-bond donors (Lipinski definition) is 0. The van der Waals surface area contributed by atoms with Gasteiger partial charge in [-0.1, -0.05) is 54.6 Å². The van der Waals surface area contributed by atoms with Crippen molar-refractivity contribution < 1.29 is 14.3 Å². The van der Waals surface area contributed by atoms with Crippen molar-refractivity contribution in [1.29, 1.82) is 0 Å². The van der Waals surface area contributed by atoms with Gasteiger partial charge in [-0.2, -0.15) is 0 Å². The first-order valence-corrected chi connectivity index (χ1v) is 8.55. The molecular formula is C22H20N2O3. The Labute approximate surface area is 157 Å². The lowest BCUT2D eigenvalue weighted by Gasteiger charge is -2.20. The number of carbonyl (C=O) groups is 2. The molecule has 5 nitrogen and oxygen atoms in total. The summed E-state index contributed by atoms with van der Waals surface area (Å²) >= 11 is 0. The highest BCUT2D eigenvalue weighted by Crippen LogP contribution is 2.21. The van der Waals surface area contributed by atoms with E-state index in [-0.39, 0.29) is 5.91 Å². The van der Waals surface area contributed by atoms with Crippen LogP contribution in [0.1, 0.15) is 17.2 Å². The largest absolute Gasteiger partial charge is 0.444 e. The van der Waals surface area contributed by atoms with E-state index >= 15 is 0 Å². The van der Waals surface area contributed by atoms with Gasteiger partial charge < -0.3 is 9.64 Å². The lowest BCUT2D eigenvalue weighted by molar-refractivity contribution is -0.155. The molecular weight excluding hydrogens is 340 g/mol. The van der Waals surface area contributed by atoms with E-state index in [4.69, 9.17) is 4.74 Å². The van der Waals surface area contributed by atoms with Crippen LogP contribution in [0.3, 0.4) is 0 Å². The molecule has 1 unspecified atom stereocenters. The van der Waals surface area contributed by atoms with Crippen LogP contribution in [0.5, 0.6) is 0 Å². The summed E-state index contributed by atoms with van der Waals surface area (Å²) in [6.45, 7) is 0. The molecule has 5 heteroatoms. The molecule has 1 amide bonds. The van der Waals surface area contributed by atoms with Crippen LogP contribution in [0, 0.1) is 0 Å². The Morgan fingerprint density at radius 3 is 2.48 bits per heavy atom. The predicted molar refractivity (Wildman–Crippen MR) is 105 cm³/mol. The summed E-state index contributed by atoms with van der Waals surface area (Å²) in [4.78, 5) is 30.6. The second-order valence-corrected chi connectivity index (χ2v) is 6.22. The molecule has 2 aromatic carbocycles. The third-order valence-corrected chi connectivity index (χ3v) is 4.06. The molecule has 0 N–H and O–H groups in total. The van der Waals surface area contributed by atoms with E-state index < -0.39 is 12.1 Å². The third-order valence-electron chi connectivity index (χ3n) is 4.06. The number of aromatic nitrogens is 1. The van der Waals surface area contributed by atoms with E-state index in [1.165, 1.54) is 11.0 Å². The highest BCUT2D eigenvalue weighted by atomic mass is 16.5. The normalized spacial score (nSPS) is 12.1. The first-order chi connectivity index (χ1) is 13.1. The summed E-state index contributed by atoms with van der Waals surface area (Å²) in [5.74, 6) is -0.887. The topological polar surface area (TPSA) is 59.5 Å². The molecule has 0 saturated heterocycles. The van der Waals surface area contributed by atoms with Gasteiger partial charge in [0.2, 0.25) is 6.10 Å². The van der Waals surface area contributed by atoms with Crippen molar-refractivity contribution in [2.24, 2.45) is 0 Å². The minimum atomic E-state index is -0.982. The van der Waals surface area contributed by atoms with Crippen LogP contribution in [0.15, 0.2) is 72.9 Å². The highest BCUT2D eigenvalue weighted by Gasteiger charge is 2.25. The molecule has 0 saturated carbocycles. The van der Waals surface area contributed by atoms with Gasteiger partial charge in [-0.15, -0.1) is 0 Å². The van der Waals surface area contributed by atoms with E-state index in [9.17, 15) is 9.59 Å². The van der Waals surface area contributed by atoms with Crippen LogP contribution in [-0.2, 0) is 14.3 Å². The maximum absolute atomic E-state index is 12.4. The molecule has 0 bridgehead atoms.